The molecule has 0 aliphatic carbocycles. The highest BCUT2D eigenvalue weighted by Crippen LogP contribution is 2.35. The van der Waals surface area contributed by atoms with Crippen LogP contribution < -0.4 is 20.1 Å². The standard InChI is InChI=1S/C19H20N2O3/c1-23-16-11-9-14(12-17(16)24-2)21-15(18(20)19(21)22)10-8-13-6-4-3-5-7-13/h3-12,15,18H,20H2,1-2H3. The topological polar surface area (TPSA) is 64.8 Å². The van der Waals surface area contributed by atoms with Gasteiger partial charge in [-0.2, -0.15) is 0 Å². The first-order valence-corrected chi connectivity index (χ1v) is 7.69. The molecule has 0 aromatic heterocycles. The number of hydrogen-bond donors (Lipinski definition) is 1. The van der Waals surface area contributed by atoms with E-state index in [-0.39, 0.29) is 11.9 Å². The Kier molecular flexibility index (Phi) is 4.53. The number of carbonyl (C=O) groups excluding carboxylic acids is 1. The summed E-state index contributed by atoms with van der Waals surface area (Å²) in [7, 11) is 3.14. The number of rotatable bonds is 5. The third-order valence-corrected chi connectivity index (χ3v) is 4.12. The first kappa shape index (κ1) is 16.1. The Morgan fingerprint density at radius 2 is 1.75 bits per heavy atom. The molecule has 2 aromatic carbocycles. The Morgan fingerprint density at radius 3 is 2.42 bits per heavy atom. The molecular formula is C19H20N2O3. The quantitative estimate of drug-likeness (QED) is 0.858. The lowest BCUT2D eigenvalue weighted by Crippen LogP contribution is -2.68. The molecule has 1 amide bonds. The van der Waals surface area contributed by atoms with Crippen molar-refractivity contribution in [3.8, 4) is 11.5 Å². The molecule has 1 aliphatic heterocycles. The normalized spacial score (nSPS) is 20.1. The van der Waals surface area contributed by atoms with E-state index in [1.165, 1.54) is 0 Å². The lowest BCUT2D eigenvalue weighted by atomic mass is 9.93. The summed E-state index contributed by atoms with van der Waals surface area (Å²) in [4.78, 5) is 13.9. The SMILES string of the molecule is COc1ccc(N2C(=O)C(N)C2C=Cc2ccccc2)cc1OC. The summed E-state index contributed by atoms with van der Waals surface area (Å²) in [6.45, 7) is 0. The van der Waals surface area contributed by atoms with Crippen molar-refractivity contribution in [1.29, 1.82) is 0 Å². The van der Waals surface area contributed by atoms with E-state index >= 15 is 0 Å². The second-order valence-electron chi connectivity index (χ2n) is 5.53. The summed E-state index contributed by atoms with van der Waals surface area (Å²) >= 11 is 0. The van der Waals surface area contributed by atoms with E-state index in [1.54, 1.807) is 31.3 Å². The number of methoxy groups -OCH3 is 2. The van der Waals surface area contributed by atoms with Gasteiger partial charge in [-0.1, -0.05) is 42.5 Å². The van der Waals surface area contributed by atoms with E-state index in [0.29, 0.717) is 11.5 Å². The molecule has 0 saturated carbocycles. The highest BCUT2D eigenvalue weighted by atomic mass is 16.5. The number of benzene rings is 2. The van der Waals surface area contributed by atoms with Crippen LogP contribution in [-0.2, 0) is 4.79 Å². The molecule has 2 aromatic rings. The summed E-state index contributed by atoms with van der Waals surface area (Å²) in [6.07, 6.45) is 3.93. The number of nitrogens with two attached hydrogens (primary N) is 1. The minimum atomic E-state index is -0.530. The number of ether oxygens (including phenoxy) is 2. The van der Waals surface area contributed by atoms with Gasteiger partial charge in [0, 0.05) is 11.8 Å². The lowest BCUT2D eigenvalue weighted by molar-refractivity contribution is -0.125. The predicted molar refractivity (Wildman–Crippen MR) is 94.3 cm³/mol. The second-order valence-corrected chi connectivity index (χ2v) is 5.53. The Balaban J connectivity index is 1.86. The van der Waals surface area contributed by atoms with Crippen LogP contribution >= 0.6 is 0 Å². The minimum absolute atomic E-state index is 0.107. The van der Waals surface area contributed by atoms with E-state index < -0.39 is 6.04 Å². The molecule has 3 rings (SSSR count). The van der Waals surface area contributed by atoms with Crippen LogP contribution in [0.3, 0.4) is 0 Å². The summed E-state index contributed by atoms with van der Waals surface area (Å²) in [5, 5.41) is 0. The second kappa shape index (κ2) is 6.76. The van der Waals surface area contributed by atoms with Gasteiger partial charge in [-0.05, 0) is 17.7 Å². The number of amides is 1. The fourth-order valence-electron chi connectivity index (χ4n) is 2.79. The number of anilines is 1. The van der Waals surface area contributed by atoms with Gasteiger partial charge < -0.3 is 20.1 Å². The highest BCUT2D eigenvalue weighted by Gasteiger charge is 2.44. The third-order valence-electron chi connectivity index (χ3n) is 4.12. The van der Waals surface area contributed by atoms with Crippen LogP contribution in [0.25, 0.3) is 6.08 Å². The monoisotopic (exact) mass is 324 g/mol. The fraction of sp³-hybridized carbons (Fsp3) is 0.211. The molecule has 1 saturated heterocycles. The van der Waals surface area contributed by atoms with Crippen LogP contribution in [-0.4, -0.2) is 32.2 Å². The molecule has 124 valence electrons. The van der Waals surface area contributed by atoms with Gasteiger partial charge in [-0.25, -0.2) is 0 Å². The van der Waals surface area contributed by atoms with Crippen molar-refractivity contribution in [2.24, 2.45) is 5.73 Å². The van der Waals surface area contributed by atoms with Crippen LogP contribution in [0.5, 0.6) is 11.5 Å². The molecule has 1 aliphatic rings. The third kappa shape index (κ3) is 2.86. The van der Waals surface area contributed by atoms with Gasteiger partial charge in [-0.15, -0.1) is 0 Å². The maximum absolute atomic E-state index is 12.2. The summed E-state index contributed by atoms with van der Waals surface area (Å²) < 4.78 is 10.5. The van der Waals surface area contributed by atoms with Gasteiger partial charge in [0.15, 0.2) is 11.5 Å². The van der Waals surface area contributed by atoms with Gasteiger partial charge in [0.2, 0.25) is 5.91 Å². The smallest absolute Gasteiger partial charge is 0.247 e. The van der Waals surface area contributed by atoms with E-state index in [2.05, 4.69) is 0 Å². The first-order chi connectivity index (χ1) is 11.7. The molecule has 0 spiro atoms. The zero-order chi connectivity index (χ0) is 17.1. The average molecular weight is 324 g/mol. The van der Waals surface area contributed by atoms with Crippen LogP contribution in [0.1, 0.15) is 5.56 Å². The average Bonchev–Trinajstić information content (AvgIpc) is 2.64. The van der Waals surface area contributed by atoms with Gasteiger partial charge in [0.25, 0.3) is 0 Å². The number of nitrogens with zero attached hydrogens (tertiary/aromatic N) is 1. The molecule has 2 atom stereocenters. The van der Waals surface area contributed by atoms with Gasteiger partial charge in [-0.3, -0.25) is 4.79 Å². The molecular weight excluding hydrogens is 304 g/mol. The van der Waals surface area contributed by atoms with Gasteiger partial charge >= 0.3 is 0 Å². The van der Waals surface area contributed by atoms with E-state index in [9.17, 15) is 4.79 Å². The molecule has 24 heavy (non-hydrogen) atoms. The van der Waals surface area contributed by atoms with E-state index in [1.807, 2.05) is 48.6 Å². The Bertz CT molecular complexity index is 758. The number of hydrogen-bond acceptors (Lipinski definition) is 4. The summed E-state index contributed by atoms with van der Waals surface area (Å²) in [6, 6.07) is 14.6. The molecule has 5 heteroatoms. The van der Waals surface area contributed by atoms with Crippen molar-refractivity contribution in [3.63, 3.8) is 0 Å². The number of β-lactam (4-membered cyclic amide) rings is 1. The zero-order valence-electron chi connectivity index (χ0n) is 13.7. The molecule has 0 bridgehead atoms. The first-order valence-electron chi connectivity index (χ1n) is 7.69. The van der Waals surface area contributed by atoms with Crippen LogP contribution in [0.4, 0.5) is 5.69 Å². The van der Waals surface area contributed by atoms with E-state index in [4.69, 9.17) is 15.2 Å². The van der Waals surface area contributed by atoms with Gasteiger partial charge in [0.1, 0.15) is 6.04 Å². The highest BCUT2D eigenvalue weighted by molar-refractivity contribution is 6.06. The maximum Gasteiger partial charge on any atom is 0.247 e. The van der Waals surface area contributed by atoms with Crippen molar-refractivity contribution in [2.45, 2.75) is 12.1 Å². The van der Waals surface area contributed by atoms with Crippen LogP contribution in [0.15, 0.2) is 54.6 Å². The van der Waals surface area contributed by atoms with Crippen molar-refractivity contribution in [2.75, 3.05) is 19.1 Å². The van der Waals surface area contributed by atoms with Crippen molar-refractivity contribution in [3.05, 3.63) is 60.2 Å². The minimum Gasteiger partial charge on any atom is -0.493 e. The molecule has 1 fully saturated rings. The molecule has 5 nitrogen and oxygen atoms in total. The largest absolute Gasteiger partial charge is 0.493 e. The fourth-order valence-corrected chi connectivity index (χ4v) is 2.79. The van der Waals surface area contributed by atoms with E-state index in [0.717, 1.165) is 11.3 Å². The lowest BCUT2D eigenvalue weighted by Gasteiger charge is -2.44. The molecule has 0 radical (unpaired) electrons. The van der Waals surface area contributed by atoms with Gasteiger partial charge in [0.05, 0.1) is 20.3 Å². The Morgan fingerprint density at radius 1 is 1.04 bits per heavy atom. The molecule has 2 N–H and O–H groups in total. The Hall–Kier alpha value is -2.79. The predicted octanol–water partition coefficient (Wildman–Crippen LogP) is 2.46. The number of carbonyl (C=O) groups is 1. The maximum atomic E-state index is 12.2. The summed E-state index contributed by atoms with van der Waals surface area (Å²) in [5.41, 5.74) is 7.79. The van der Waals surface area contributed by atoms with Crippen molar-refractivity contribution < 1.29 is 14.3 Å². The zero-order valence-corrected chi connectivity index (χ0v) is 13.7. The Labute approximate surface area is 141 Å². The van der Waals surface area contributed by atoms with Crippen LogP contribution in [0, 0.1) is 0 Å². The molecule has 1 heterocycles. The van der Waals surface area contributed by atoms with Crippen molar-refractivity contribution >= 4 is 17.7 Å². The van der Waals surface area contributed by atoms with Crippen LogP contribution in [0.2, 0.25) is 0 Å². The molecule has 2 unspecified atom stereocenters. The van der Waals surface area contributed by atoms with Crippen molar-refractivity contribution in [1.82, 2.24) is 0 Å². The summed E-state index contributed by atoms with van der Waals surface area (Å²) in [5.74, 6) is 1.09.